The van der Waals surface area contributed by atoms with Crippen LogP contribution in [0, 0.1) is 24.0 Å². The quantitative estimate of drug-likeness (QED) is 0.463. The average molecular weight is 327 g/mol. The Morgan fingerprint density at radius 2 is 2.00 bits per heavy atom. The second-order valence-corrected chi connectivity index (χ2v) is 5.50. The zero-order valence-electron chi connectivity index (χ0n) is 14.1. The lowest BCUT2D eigenvalue weighted by Crippen LogP contribution is -2.00. The van der Waals surface area contributed by atoms with Crippen molar-refractivity contribution in [2.45, 2.75) is 27.2 Å². The van der Waals surface area contributed by atoms with Gasteiger partial charge >= 0.3 is 5.69 Å². The van der Waals surface area contributed by atoms with Crippen LogP contribution in [0.5, 0.6) is 5.75 Å². The monoisotopic (exact) mass is 327 g/mol. The molecule has 2 rings (SSSR count). The van der Waals surface area contributed by atoms with Crippen molar-refractivity contribution in [1.82, 2.24) is 0 Å². The first kappa shape index (κ1) is 17.5. The summed E-state index contributed by atoms with van der Waals surface area (Å²) in [6.45, 7) is 6.47. The van der Waals surface area contributed by atoms with Crippen molar-refractivity contribution in [1.29, 1.82) is 0 Å². The summed E-state index contributed by atoms with van der Waals surface area (Å²) in [4.78, 5) is 10.7. The number of ether oxygens (including phenoxy) is 1. The Morgan fingerprint density at radius 1 is 1.21 bits per heavy atom. The lowest BCUT2D eigenvalue weighted by Gasteiger charge is -2.06. The van der Waals surface area contributed by atoms with Crippen molar-refractivity contribution in [3.05, 3.63) is 63.2 Å². The van der Waals surface area contributed by atoms with Gasteiger partial charge in [0.1, 0.15) is 0 Å². The fourth-order valence-corrected chi connectivity index (χ4v) is 2.08. The lowest BCUT2D eigenvalue weighted by molar-refractivity contribution is -0.385. The van der Waals surface area contributed by atoms with Crippen molar-refractivity contribution < 1.29 is 9.66 Å². The molecule has 0 aliphatic rings. The van der Waals surface area contributed by atoms with Gasteiger partial charge in [-0.25, -0.2) is 0 Å². The summed E-state index contributed by atoms with van der Waals surface area (Å²) >= 11 is 0. The van der Waals surface area contributed by atoms with Gasteiger partial charge < -0.3 is 4.74 Å². The first-order chi connectivity index (χ1) is 11.5. The standard InChI is InChI=1S/C18H21N3O3/c1-4-9-24-18-8-6-15(11-17(18)21(22)23)12-19-20-16-7-5-13(2)14(3)10-16/h5-8,10-12,20H,4,9H2,1-3H3/b19-12+. The van der Waals surface area contributed by atoms with Crippen molar-refractivity contribution in [2.75, 3.05) is 12.0 Å². The van der Waals surface area contributed by atoms with Gasteiger partial charge in [0.05, 0.1) is 23.4 Å². The number of anilines is 1. The normalized spacial score (nSPS) is 10.8. The highest BCUT2D eigenvalue weighted by atomic mass is 16.6. The Balaban J connectivity index is 2.12. The molecule has 0 aliphatic heterocycles. The van der Waals surface area contributed by atoms with Gasteiger partial charge in [0.15, 0.2) is 5.75 Å². The number of nitrogens with zero attached hydrogens (tertiary/aromatic N) is 2. The maximum atomic E-state index is 11.2. The van der Waals surface area contributed by atoms with Gasteiger partial charge in [0.2, 0.25) is 0 Å². The molecule has 1 N–H and O–H groups in total. The summed E-state index contributed by atoms with van der Waals surface area (Å²) in [5, 5.41) is 15.3. The number of aryl methyl sites for hydroxylation is 2. The van der Waals surface area contributed by atoms with Crippen LogP contribution in [0.2, 0.25) is 0 Å². The topological polar surface area (TPSA) is 76.8 Å². The van der Waals surface area contributed by atoms with Crippen molar-refractivity contribution in [2.24, 2.45) is 5.10 Å². The minimum atomic E-state index is -0.445. The van der Waals surface area contributed by atoms with E-state index in [1.807, 2.05) is 39.0 Å². The molecule has 0 atom stereocenters. The molecule has 126 valence electrons. The van der Waals surface area contributed by atoms with Crippen LogP contribution in [0.25, 0.3) is 0 Å². The second-order valence-electron chi connectivity index (χ2n) is 5.50. The molecule has 24 heavy (non-hydrogen) atoms. The molecule has 0 aliphatic carbocycles. The van der Waals surface area contributed by atoms with Gasteiger partial charge in [-0.1, -0.05) is 13.0 Å². The number of hydrogen-bond donors (Lipinski definition) is 1. The number of nitro groups is 1. The van der Waals surface area contributed by atoms with E-state index < -0.39 is 4.92 Å². The van der Waals surface area contributed by atoms with Gasteiger partial charge in [-0.3, -0.25) is 15.5 Å². The molecule has 0 heterocycles. The van der Waals surface area contributed by atoms with Crippen LogP contribution >= 0.6 is 0 Å². The van der Waals surface area contributed by atoms with E-state index in [1.54, 1.807) is 18.3 Å². The average Bonchev–Trinajstić information content (AvgIpc) is 2.56. The lowest BCUT2D eigenvalue weighted by atomic mass is 10.1. The molecular weight excluding hydrogens is 306 g/mol. The fourth-order valence-electron chi connectivity index (χ4n) is 2.08. The van der Waals surface area contributed by atoms with Gasteiger partial charge in [-0.05, 0) is 55.7 Å². The second kappa shape index (κ2) is 8.10. The van der Waals surface area contributed by atoms with E-state index in [0.717, 1.165) is 12.1 Å². The highest BCUT2D eigenvalue weighted by Crippen LogP contribution is 2.27. The van der Waals surface area contributed by atoms with Crippen LogP contribution in [-0.4, -0.2) is 17.7 Å². The predicted octanol–water partition coefficient (Wildman–Crippen LogP) is 4.45. The van der Waals surface area contributed by atoms with E-state index in [-0.39, 0.29) is 11.4 Å². The van der Waals surface area contributed by atoms with Gasteiger partial charge in [-0.2, -0.15) is 5.10 Å². The molecule has 0 spiro atoms. The summed E-state index contributed by atoms with van der Waals surface area (Å²) in [5.74, 6) is 0.279. The third kappa shape index (κ3) is 4.55. The van der Waals surface area contributed by atoms with E-state index in [9.17, 15) is 10.1 Å². The summed E-state index contributed by atoms with van der Waals surface area (Å²) < 4.78 is 5.40. The number of nitro benzene ring substituents is 1. The van der Waals surface area contributed by atoms with Crippen LogP contribution in [-0.2, 0) is 0 Å². The molecule has 0 amide bonds. The number of rotatable bonds is 7. The largest absolute Gasteiger partial charge is 0.487 e. The zero-order chi connectivity index (χ0) is 17.5. The van der Waals surface area contributed by atoms with Crippen LogP contribution < -0.4 is 10.2 Å². The van der Waals surface area contributed by atoms with Gasteiger partial charge in [0, 0.05) is 11.6 Å². The first-order valence-corrected chi connectivity index (χ1v) is 7.79. The van der Waals surface area contributed by atoms with Crippen LogP contribution in [0.3, 0.4) is 0 Å². The summed E-state index contributed by atoms with van der Waals surface area (Å²) in [5.41, 5.74) is 6.74. The Bertz CT molecular complexity index is 757. The Morgan fingerprint density at radius 3 is 2.67 bits per heavy atom. The molecule has 6 heteroatoms. The molecular formula is C18H21N3O3. The van der Waals surface area contributed by atoms with Gasteiger partial charge in [0.25, 0.3) is 0 Å². The Kier molecular flexibility index (Phi) is 5.89. The molecule has 2 aromatic rings. The Labute approximate surface area is 141 Å². The van der Waals surface area contributed by atoms with Crippen LogP contribution in [0.1, 0.15) is 30.0 Å². The first-order valence-electron chi connectivity index (χ1n) is 7.79. The highest BCUT2D eigenvalue weighted by Gasteiger charge is 2.15. The van der Waals surface area contributed by atoms with Crippen LogP contribution in [0.4, 0.5) is 11.4 Å². The molecule has 0 bridgehead atoms. The molecule has 0 saturated heterocycles. The Hall–Kier alpha value is -2.89. The van der Waals surface area contributed by atoms with Crippen LogP contribution in [0.15, 0.2) is 41.5 Å². The predicted molar refractivity (Wildman–Crippen MR) is 96.0 cm³/mol. The maximum Gasteiger partial charge on any atom is 0.311 e. The highest BCUT2D eigenvalue weighted by molar-refractivity contribution is 5.82. The van der Waals surface area contributed by atoms with E-state index in [2.05, 4.69) is 10.5 Å². The smallest absolute Gasteiger partial charge is 0.311 e. The summed E-state index contributed by atoms with van der Waals surface area (Å²) in [6, 6.07) is 10.7. The molecule has 0 radical (unpaired) electrons. The van der Waals surface area contributed by atoms with E-state index >= 15 is 0 Å². The minimum absolute atomic E-state index is 0.0569. The third-order valence-electron chi connectivity index (χ3n) is 3.56. The molecule has 0 aromatic heterocycles. The summed E-state index contributed by atoms with van der Waals surface area (Å²) in [6.07, 6.45) is 2.34. The molecule has 6 nitrogen and oxygen atoms in total. The number of nitrogens with one attached hydrogen (secondary N) is 1. The molecule has 0 saturated carbocycles. The molecule has 0 unspecified atom stereocenters. The maximum absolute atomic E-state index is 11.2. The van der Waals surface area contributed by atoms with Crippen molar-refractivity contribution >= 4 is 17.6 Å². The van der Waals surface area contributed by atoms with E-state index in [0.29, 0.717) is 12.2 Å². The molecule has 0 fully saturated rings. The minimum Gasteiger partial charge on any atom is -0.487 e. The van der Waals surface area contributed by atoms with Crippen molar-refractivity contribution in [3.8, 4) is 5.75 Å². The number of benzene rings is 2. The van der Waals surface area contributed by atoms with E-state index in [4.69, 9.17) is 4.74 Å². The third-order valence-corrected chi connectivity index (χ3v) is 3.56. The van der Waals surface area contributed by atoms with E-state index in [1.165, 1.54) is 17.2 Å². The SMILES string of the molecule is CCCOc1ccc(/C=N/Nc2ccc(C)c(C)c2)cc1[N+](=O)[O-]. The zero-order valence-corrected chi connectivity index (χ0v) is 14.1. The van der Waals surface area contributed by atoms with Crippen molar-refractivity contribution in [3.63, 3.8) is 0 Å². The number of hydrazone groups is 1. The molecule has 2 aromatic carbocycles. The number of hydrogen-bond acceptors (Lipinski definition) is 5. The summed E-state index contributed by atoms with van der Waals surface area (Å²) in [7, 11) is 0. The fraction of sp³-hybridized carbons (Fsp3) is 0.278. The van der Waals surface area contributed by atoms with Gasteiger partial charge in [-0.15, -0.1) is 0 Å².